The van der Waals surface area contributed by atoms with Crippen LogP contribution in [0.2, 0.25) is 0 Å². The number of aromatic hydroxyl groups is 2. The highest BCUT2D eigenvalue weighted by Gasteiger charge is 2.50. The van der Waals surface area contributed by atoms with Crippen molar-refractivity contribution in [2.45, 2.75) is 125 Å². The second-order valence-electron chi connectivity index (χ2n) is 16.6. The molecule has 0 saturated carbocycles. The smallest absolute Gasteiger partial charge is 0.242 e. The molecule has 19 nitrogen and oxygen atoms in total. The number of carbonyl (C=O) groups excluding carboxylic acids is 6. The predicted molar refractivity (Wildman–Crippen MR) is 231 cm³/mol. The number of aliphatic hydroxyl groups excluding tert-OH is 2. The number of ether oxygens (including phenoxy) is 3. The molecule has 1 unspecified atom stereocenters. The molecular weight excluding hydrogens is 855 g/mol. The lowest BCUT2D eigenvalue weighted by atomic mass is 9.71. The van der Waals surface area contributed by atoms with Gasteiger partial charge in [0.15, 0.2) is 12.1 Å². The van der Waals surface area contributed by atoms with Crippen molar-refractivity contribution in [2.24, 2.45) is 10.8 Å². The van der Waals surface area contributed by atoms with Gasteiger partial charge in [0.1, 0.15) is 22.8 Å². The molecule has 6 rings (SSSR count). The van der Waals surface area contributed by atoms with Gasteiger partial charge in [-0.15, -0.1) is 11.8 Å². The molecule has 7 atom stereocenters. The number of nitrogens with zero attached hydrogens (tertiary/aromatic N) is 2. The number of imide groups is 1. The molecule has 348 valence electrons. The van der Waals surface area contributed by atoms with Crippen molar-refractivity contribution < 1.29 is 68.5 Å². The van der Waals surface area contributed by atoms with E-state index in [-0.39, 0.29) is 77.2 Å². The second kappa shape index (κ2) is 20.9. The third-order valence-corrected chi connectivity index (χ3v) is 13.6. The molecule has 64 heavy (non-hydrogen) atoms. The molecule has 0 bridgehead atoms. The number of fused-ring (bicyclic) bond motifs is 3. The van der Waals surface area contributed by atoms with Gasteiger partial charge in [0, 0.05) is 74.8 Å². The number of phenols is 2. The molecule has 0 radical (unpaired) electrons. The lowest BCUT2D eigenvalue weighted by molar-refractivity contribution is -0.245. The summed E-state index contributed by atoms with van der Waals surface area (Å²) in [5, 5.41) is 63.1. The van der Waals surface area contributed by atoms with Crippen LogP contribution in [0.1, 0.15) is 127 Å². The van der Waals surface area contributed by atoms with E-state index in [2.05, 4.69) is 15.8 Å². The Balaban J connectivity index is 1.12. The van der Waals surface area contributed by atoms with E-state index in [1.807, 2.05) is 0 Å². The minimum absolute atomic E-state index is 0.0109. The summed E-state index contributed by atoms with van der Waals surface area (Å²) >= 11 is 1.45. The van der Waals surface area contributed by atoms with E-state index in [4.69, 9.17) is 19.9 Å². The van der Waals surface area contributed by atoms with Crippen LogP contribution in [0.25, 0.3) is 0 Å². The topological polar surface area (TPSA) is 297 Å². The first-order valence-corrected chi connectivity index (χ1v) is 22.6. The number of phenolic OH excluding ortho intramolecular Hbond substituents is 2. The highest BCUT2D eigenvalue weighted by Crippen LogP contribution is 2.52. The van der Waals surface area contributed by atoms with E-state index >= 15 is 0 Å². The van der Waals surface area contributed by atoms with E-state index in [9.17, 15) is 54.3 Å². The Kier molecular flexibility index (Phi) is 15.8. The van der Waals surface area contributed by atoms with Gasteiger partial charge in [0.25, 0.3) is 0 Å². The van der Waals surface area contributed by atoms with E-state index < -0.39 is 101 Å². The number of hydrogen-bond donors (Lipinski definition) is 8. The Bertz CT molecular complexity index is 2170. The van der Waals surface area contributed by atoms with Crippen molar-refractivity contribution in [3.05, 3.63) is 51.6 Å². The number of methoxy groups -OCH3 is 1. The zero-order valence-corrected chi connectivity index (χ0v) is 36.9. The van der Waals surface area contributed by atoms with Gasteiger partial charge in [-0.1, -0.05) is 25.0 Å². The van der Waals surface area contributed by atoms with Gasteiger partial charge in [-0.2, -0.15) is 5.10 Å². The number of carbonyl (C=O) groups is 6. The molecule has 2 saturated heterocycles. The predicted octanol–water partition coefficient (Wildman–Crippen LogP) is 1.63. The quantitative estimate of drug-likeness (QED) is 0.0279. The van der Waals surface area contributed by atoms with Crippen molar-refractivity contribution in [1.82, 2.24) is 15.6 Å². The first-order valence-electron chi connectivity index (χ1n) is 21.5. The van der Waals surface area contributed by atoms with Gasteiger partial charge < -0.3 is 50.8 Å². The molecule has 9 N–H and O–H groups in total. The zero-order chi connectivity index (χ0) is 46.5. The number of benzene rings is 2. The molecular formula is C44H57N5O14S. The van der Waals surface area contributed by atoms with Gasteiger partial charge in [0.05, 0.1) is 59.7 Å². The van der Waals surface area contributed by atoms with Gasteiger partial charge in [-0.3, -0.25) is 33.7 Å². The van der Waals surface area contributed by atoms with E-state index in [1.54, 1.807) is 14.0 Å². The number of aliphatic hydroxyl groups is 3. The minimum Gasteiger partial charge on any atom is -0.507 e. The Labute approximate surface area is 374 Å². The van der Waals surface area contributed by atoms with E-state index in [1.165, 1.54) is 42.0 Å². The van der Waals surface area contributed by atoms with Crippen LogP contribution in [-0.4, -0.2) is 140 Å². The maximum absolute atomic E-state index is 14.0. The largest absolute Gasteiger partial charge is 0.507 e. The number of thioether (sulfide) groups is 1. The summed E-state index contributed by atoms with van der Waals surface area (Å²) in [6, 6.07) is 3.57. The Morgan fingerprint density at radius 3 is 2.39 bits per heavy atom. The van der Waals surface area contributed by atoms with Crippen molar-refractivity contribution in [2.75, 3.05) is 33.1 Å². The average Bonchev–Trinajstić information content (AvgIpc) is 3.53. The van der Waals surface area contributed by atoms with Crippen LogP contribution in [0, 0.1) is 0 Å². The summed E-state index contributed by atoms with van der Waals surface area (Å²) < 4.78 is 17.5. The molecule has 2 aromatic rings. The van der Waals surface area contributed by atoms with Crippen LogP contribution in [0.5, 0.6) is 17.2 Å². The average molecular weight is 912 g/mol. The van der Waals surface area contributed by atoms with Crippen molar-refractivity contribution in [1.29, 1.82) is 0 Å². The molecule has 20 heteroatoms. The number of nitrogens with one attached hydrogen (secondary N) is 2. The van der Waals surface area contributed by atoms with E-state index in [0.717, 1.165) is 19.3 Å². The lowest BCUT2D eigenvalue weighted by Gasteiger charge is -2.43. The maximum Gasteiger partial charge on any atom is 0.242 e. The van der Waals surface area contributed by atoms with Crippen LogP contribution in [-0.2, 0) is 35.1 Å². The number of rotatable bonds is 19. The fraction of sp³-hybridized carbons (Fsp3) is 0.568. The Morgan fingerprint density at radius 2 is 1.70 bits per heavy atom. The number of amides is 4. The van der Waals surface area contributed by atoms with Crippen molar-refractivity contribution in [3.63, 3.8) is 0 Å². The fourth-order valence-electron chi connectivity index (χ4n) is 8.75. The third-order valence-electron chi connectivity index (χ3n) is 12.3. The molecule has 2 aromatic carbocycles. The van der Waals surface area contributed by atoms with Crippen LogP contribution < -0.4 is 21.2 Å². The molecule has 2 aliphatic heterocycles. The first kappa shape index (κ1) is 48.5. The van der Waals surface area contributed by atoms with Gasteiger partial charge >= 0.3 is 0 Å². The number of hydrogen-bond acceptors (Lipinski definition) is 17. The minimum atomic E-state index is -2.18. The summed E-state index contributed by atoms with van der Waals surface area (Å²) in [7, 11) is 2.91. The Morgan fingerprint density at radius 1 is 1.00 bits per heavy atom. The zero-order valence-electron chi connectivity index (χ0n) is 36.1. The molecule has 4 amide bonds. The molecule has 0 spiro atoms. The highest BCUT2D eigenvalue weighted by atomic mass is 32.2. The van der Waals surface area contributed by atoms with Crippen LogP contribution in [0.15, 0.2) is 23.3 Å². The third kappa shape index (κ3) is 10.1. The van der Waals surface area contributed by atoms with E-state index in [0.29, 0.717) is 31.4 Å². The summed E-state index contributed by atoms with van der Waals surface area (Å²) in [6.45, 7) is 0.910. The SMILES string of the molecule is CNC(=O)CCCCCSC1CC(=O)N(CCCCCC(=O)N/N=C(\CO)[C@@]2(O)Cc3c(O)c4c(c(O)c3[C@H](O[C@@H]3C[C@@H](N)[C@@H](O)[C@@H](C)O3)C2)C(=O)c2c(OC)cccc2C4=O)C1=O. The van der Waals surface area contributed by atoms with Crippen molar-refractivity contribution >= 4 is 52.7 Å². The lowest BCUT2D eigenvalue weighted by Crippen LogP contribution is -2.53. The standard InChI is InChI=1S/C44H57N5O14S/c1-22-38(54)25(45)17-33(62-22)63-27-20-44(60,19-24-35(27)42(58)37-36(40(24)56)39(55)23-11-10-12-26(61-3)34(23)41(37)57)29(21-50)47-48-31(52)14-6-4-8-15-49-32(53)18-28(43(49)59)64-16-9-5-7-13-30(51)46-2/h10-12,22,25,27-28,33,38,50,54,56,58,60H,4-9,13-21,45H2,1-3H3,(H,46,51)(H,48,52)/b47-29+/t22-,25-,27-,28?,33-,38+,44-/m1/s1. The number of unbranched alkanes of at least 4 members (excludes halogenated alkanes) is 4. The number of likely N-dealkylation sites (tertiary alicyclic amines) is 1. The first-order chi connectivity index (χ1) is 30.5. The number of hydrazone groups is 1. The summed E-state index contributed by atoms with van der Waals surface area (Å²) in [6.07, 6.45) is -1.04. The van der Waals surface area contributed by atoms with Crippen LogP contribution in [0.3, 0.4) is 0 Å². The van der Waals surface area contributed by atoms with Gasteiger partial charge in [0.2, 0.25) is 29.4 Å². The molecule has 2 heterocycles. The maximum atomic E-state index is 14.0. The molecule has 2 aliphatic carbocycles. The normalized spacial score (nSPS) is 25.5. The van der Waals surface area contributed by atoms with Crippen LogP contribution >= 0.6 is 11.8 Å². The fourth-order valence-corrected chi connectivity index (χ4v) is 9.93. The molecule has 4 aliphatic rings. The van der Waals surface area contributed by atoms with Gasteiger partial charge in [-0.25, -0.2) is 5.43 Å². The summed E-state index contributed by atoms with van der Waals surface area (Å²) in [4.78, 5) is 79.1. The number of nitrogens with two attached hydrogens (primary N) is 1. The van der Waals surface area contributed by atoms with Crippen molar-refractivity contribution in [3.8, 4) is 17.2 Å². The Hall–Kier alpha value is -4.96. The molecule has 2 fully saturated rings. The summed E-state index contributed by atoms with van der Waals surface area (Å²) in [5.74, 6) is -3.26. The molecule has 0 aromatic heterocycles. The summed E-state index contributed by atoms with van der Waals surface area (Å²) in [5.41, 5.74) is 4.48. The van der Waals surface area contributed by atoms with Gasteiger partial charge in [-0.05, 0) is 44.4 Å². The highest BCUT2D eigenvalue weighted by molar-refractivity contribution is 8.00. The monoisotopic (exact) mass is 911 g/mol. The van der Waals surface area contributed by atoms with Crippen LogP contribution in [0.4, 0.5) is 0 Å². The second-order valence-corrected chi connectivity index (χ2v) is 17.9. The number of ketones is 2.